The molecule has 8 heteroatoms. The van der Waals surface area contributed by atoms with Gasteiger partial charge in [0.25, 0.3) is 0 Å². The topological polar surface area (TPSA) is 51.2 Å². The Kier molecular flexibility index (Phi) is 11.3. The molecule has 0 saturated carbocycles. The molecule has 2 saturated heterocycles. The molecule has 0 aromatic heterocycles. The Morgan fingerprint density at radius 2 is 1.40 bits per heavy atom. The van der Waals surface area contributed by atoms with Crippen LogP contribution < -0.4 is 4.74 Å². The number of alkyl halides is 3. The van der Waals surface area contributed by atoms with Gasteiger partial charge in [-0.25, -0.2) is 0 Å². The lowest BCUT2D eigenvalue weighted by molar-refractivity contribution is -0.274. The number of aryl methyl sites for hydroxylation is 1. The van der Waals surface area contributed by atoms with Gasteiger partial charge in [0, 0.05) is 12.1 Å². The van der Waals surface area contributed by atoms with Crippen LogP contribution in [0.3, 0.4) is 0 Å². The Balaban J connectivity index is 0.00000207. The molecule has 0 radical (unpaired) electrons. The van der Waals surface area contributed by atoms with E-state index in [-0.39, 0.29) is 24.1 Å². The number of piperidine rings is 1. The predicted octanol–water partition coefficient (Wildman–Crippen LogP) is 8.15. The van der Waals surface area contributed by atoms with E-state index in [0.29, 0.717) is 12.2 Å². The fraction of sp³-hybridized carbons (Fsp3) is 0.486. The van der Waals surface area contributed by atoms with E-state index < -0.39 is 12.0 Å². The lowest BCUT2D eigenvalue weighted by Crippen LogP contribution is -2.44. The zero-order chi connectivity index (χ0) is 31.0. The van der Waals surface area contributed by atoms with Crippen LogP contribution >= 0.6 is 0 Å². The molecule has 5 nitrogen and oxygen atoms in total. The third-order valence-corrected chi connectivity index (χ3v) is 8.37. The molecule has 43 heavy (non-hydrogen) atoms. The van der Waals surface area contributed by atoms with Crippen molar-refractivity contribution in [2.24, 2.45) is 5.92 Å². The number of nitrogens with zero attached hydrogens (tertiary/aromatic N) is 1. The summed E-state index contributed by atoms with van der Waals surface area (Å²) in [6.07, 6.45) is -1.63. The molecule has 2 fully saturated rings. The maximum absolute atomic E-state index is 12.7. The van der Waals surface area contributed by atoms with E-state index in [1.165, 1.54) is 17.7 Å². The maximum atomic E-state index is 12.7. The molecule has 0 amide bonds. The van der Waals surface area contributed by atoms with E-state index in [0.717, 1.165) is 62.0 Å². The van der Waals surface area contributed by atoms with Crippen molar-refractivity contribution in [2.75, 3.05) is 19.7 Å². The first kappa shape index (κ1) is 33.0. The van der Waals surface area contributed by atoms with Gasteiger partial charge in [-0.15, -0.1) is 13.2 Å². The molecule has 2 aliphatic rings. The highest BCUT2D eigenvalue weighted by Crippen LogP contribution is 2.43. The summed E-state index contributed by atoms with van der Waals surface area (Å²) in [7, 11) is 0. The van der Waals surface area contributed by atoms with Crippen LogP contribution in [0.2, 0.25) is 0 Å². The summed E-state index contributed by atoms with van der Waals surface area (Å²) in [5.41, 5.74) is 3.34. The van der Waals surface area contributed by atoms with E-state index in [2.05, 4.69) is 47.7 Å². The van der Waals surface area contributed by atoms with Gasteiger partial charge in [-0.05, 0) is 79.1 Å². The van der Waals surface area contributed by atoms with Crippen LogP contribution in [0.4, 0.5) is 13.2 Å². The van der Waals surface area contributed by atoms with Crippen molar-refractivity contribution in [1.82, 2.24) is 4.90 Å². The lowest BCUT2D eigenvalue weighted by atomic mass is 9.72. The Morgan fingerprint density at radius 3 is 1.91 bits per heavy atom. The molecule has 0 aliphatic carbocycles. The Morgan fingerprint density at radius 1 is 0.837 bits per heavy atom. The highest BCUT2D eigenvalue weighted by atomic mass is 19.4. The number of likely N-dealkylation sites (tertiary alicyclic amines) is 1. The number of halogens is 3. The number of ether oxygens (including phenoxy) is 3. The SMILES string of the molecule is CC.CCc1ccc(C(O)(c2ccc(OC(F)(F)F)cc2)C2CCN(Cc3ccc(C4OCC(CC)O4)cc3)CC2)cc1. The van der Waals surface area contributed by atoms with Gasteiger partial charge >= 0.3 is 6.36 Å². The first-order chi connectivity index (χ1) is 20.7. The molecule has 1 N–H and O–H groups in total. The molecule has 5 rings (SSSR count). The average molecular weight is 600 g/mol. The van der Waals surface area contributed by atoms with Crippen molar-refractivity contribution in [3.05, 3.63) is 101 Å². The zero-order valence-corrected chi connectivity index (χ0v) is 25.6. The first-order valence-electron chi connectivity index (χ1n) is 15.4. The van der Waals surface area contributed by atoms with Crippen LogP contribution in [0.25, 0.3) is 0 Å². The summed E-state index contributed by atoms with van der Waals surface area (Å²) >= 11 is 0. The minimum atomic E-state index is -4.77. The standard InChI is InChI=1S/C33H38F3NO4.C2H6/c1-3-23-7-11-26(12-8-23)32(38,27-13-15-30(16-14-27)41-33(34,35)36)28-17-19-37(20-18-28)21-24-5-9-25(10-6-24)31-39-22-29(4-2)40-31;1-2/h5-16,28-29,31,38H,3-4,17-22H2,1-2H3;1-2H3. The molecule has 2 aliphatic heterocycles. The summed E-state index contributed by atoms with van der Waals surface area (Å²) in [5.74, 6) is -0.409. The van der Waals surface area contributed by atoms with Gasteiger partial charge in [-0.2, -0.15) is 0 Å². The minimum absolute atomic E-state index is 0.105. The van der Waals surface area contributed by atoms with Gasteiger partial charge < -0.3 is 19.3 Å². The van der Waals surface area contributed by atoms with Crippen LogP contribution in [0.5, 0.6) is 5.75 Å². The summed E-state index contributed by atoms with van der Waals surface area (Å²) in [5, 5.41) is 12.3. The molecule has 3 aromatic rings. The van der Waals surface area contributed by atoms with Crippen molar-refractivity contribution < 1.29 is 32.5 Å². The highest BCUT2D eigenvalue weighted by molar-refractivity contribution is 5.41. The molecule has 3 unspecified atom stereocenters. The van der Waals surface area contributed by atoms with E-state index in [4.69, 9.17) is 9.47 Å². The summed E-state index contributed by atoms with van der Waals surface area (Å²) in [4.78, 5) is 2.38. The smallest absolute Gasteiger partial charge is 0.406 e. The summed E-state index contributed by atoms with van der Waals surface area (Å²) in [6.45, 7) is 11.2. The number of rotatable bonds is 9. The average Bonchev–Trinajstić information content (AvgIpc) is 3.52. The number of aliphatic hydroxyl groups is 1. The molecule has 0 spiro atoms. The second kappa shape index (κ2) is 14.7. The van der Waals surface area contributed by atoms with E-state index in [1.807, 2.05) is 38.1 Å². The predicted molar refractivity (Wildman–Crippen MR) is 162 cm³/mol. The van der Waals surface area contributed by atoms with Crippen LogP contribution in [0.15, 0.2) is 72.8 Å². The van der Waals surface area contributed by atoms with E-state index >= 15 is 0 Å². The monoisotopic (exact) mass is 599 g/mol. The molecule has 0 bridgehead atoms. The van der Waals surface area contributed by atoms with Crippen LogP contribution in [-0.4, -0.2) is 42.2 Å². The molecule has 234 valence electrons. The first-order valence-corrected chi connectivity index (χ1v) is 15.4. The van der Waals surface area contributed by atoms with Crippen molar-refractivity contribution in [1.29, 1.82) is 0 Å². The largest absolute Gasteiger partial charge is 0.573 e. The second-order valence-corrected chi connectivity index (χ2v) is 11.0. The maximum Gasteiger partial charge on any atom is 0.573 e. The van der Waals surface area contributed by atoms with Crippen molar-refractivity contribution >= 4 is 0 Å². The second-order valence-electron chi connectivity index (χ2n) is 11.0. The van der Waals surface area contributed by atoms with Crippen LogP contribution in [0.1, 0.15) is 81.1 Å². The van der Waals surface area contributed by atoms with Crippen molar-refractivity contribution in [3.8, 4) is 5.75 Å². The number of benzene rings is 3. The van der Waals surface area contributed by atoms with Crippen LogP contribution in [-0.2, 0) is 28.0 Å². The molecular weight excluding hydrogens is 555 g/mol. The number of hydrogen-bond acceptors (Lipinski definition) is 5. The third kappa shape index (κ3) is 8.18. The summed E-state index contributed by atoms with van der Waals surface area (Å²) in [6, 6.07) is 21.9. The quantitative estimate of drug-likeness (QED) is 0.269. The molecule has 2 heterocycles. The molecule has 3 aromatic carbocycles. The Labute approximate surface area is 253 Å². The fourth-order valence-corrected chi connectivity index (χ4v) is 5.93. The van der Waals surface area contributed by atoms with Crippen molar-refractivity contribution in [3.63, 3.8) is 0 Å². The van der Waals surface area contributed by atoms with Crippen LogP contribution in [0, 0.1) is 5.92 Å². The van der Waals surface area contributed by atoms with Gasteiger partial charge in [0.05, 0.1) is 12.7 Å². The Hall–Kier alpha value is -2.91. The van der Waals surface area contributed by atoms with Gasteiger partial charge in [0.2, 0.25) is 0 Å². The summed E-state index contributed by atoms with van der Waals surface area (Å²) < 4.78 is 54.0. The lowest BCUT2D eigenvalue weighted by Gasteiger charge is -2.42. The van der Waals surface area contributed by atoms with Gasteiger partial charge in [0.1, 0.15) is 11.4 Å². The third-order valence-electron chi connectivity index (χ3n) is 8.37. The zero-order valence-electron chi connectivity index (χ0n) is 25.6. The van der Waals surface area contributed by atoms with Crippen molar-refractivity contribution in [2.45, 2.75) is 84.3 Å². The van der Waals surface area contributed by atoms with Gasteiger partial charge in [-0.3, -0.25) is 4.90 Å². The minimum Gasteiger partial charge on any atom is -0.406 e. The molecular formula is C35H44F3NO4. The fourth-order valence-electron chi connectivity index (χ4n) is 5.93. The van der Waals surface area contributed by atoms with Gasteiger partial charge in [0.15, 0.2) is 6.29 Å². The normalized spacial score (nSPS) is 21.1. The van der Waals surface area contributed by atoms with E-state index in [1.54, 1.807) is 12.1 Å². The van der Waals surface area contributed by atoms with Gasteiger partial charge in [-0.1, -0.05) is 88.4 Å². The van der Waals surface area contributed by atoms with E-state index in [9.17, 15) is 18.3 Å². The number of hydrogen-bond donors (Lipinski definition) is 1. The highest BCUT2D eigenvalue weighted by Gasteiger charge is 2.42. The Bertz CT molecular complexity index is 1260. The molecule has 3 atom stereocenters.